The van der Waals surface area contributed by atoms with Gasteiger partial charge in [-0.25, -0.2) is 4.79 Å². The molecule has 1 N–H and O–H groups in total. The molecule has 1 aliphatic rings. The van der Waals surface area contributed by atoms with Gasteiger partial charge in [0.2, 0.25) is 0 Å². The van der Waals surface area contributed by atoms with Crippen molar-refractivity contribution in [2.24, 2.45) is 0 Å². The number of ether oxygens (including phenoxy) is 1. The van der Waals surface area contributed by atoms with Gasteiger partial charge in [0.25, 0.3) is 0 Å². The summed E-state index contributed by atoms with van der Waals surface area (Å²) in [5.41, 5.74) is 0.911. The van der Waals surface area contributed by atoms with Crippen molar-refractivity contribution < 1.29 is 9.53 Å². The second-order valence-electron chi connectivity index (χ2n) is 3.31. The van der Waals surface area contributed by atoms with Gasteiger partial charge in [0.1, 0.15) is 5.75 Å². The topological polar surface area (TPSA) is 41.6 Å². The average Bonchev–Trinajstić information content (AvgIpc) is 2.66. The summed E-state index contributed by atoms with van der Waals surface area (Å²) in [6, 6.07) is 7.53. The van der Waals surface area contributed by atoms with Gasteiger partial charge in [-0.1, -0.05) is 0 Å². The Kier molecular flexibility index (Phi) is 2.76. The third kappa shape index (κ3) is 2.03. The van der Waals surface area contributed by atoms with Crippen molar-refractivity contribution in [2.75, 3.05) is 24.6 Å². The maximum Gasteiger partial charge on any atom is 0.321 e. The zero-order valence-electron chi connectivity index (χ0n) is 8.69. The molecule has 4 nitrogen and oxygen atoms in total. The molecule has 2 amide bonds. The summed E-state index contributed by atoms with van der Waals surface area (Å²) < 4.78 is 5.33. The molecule has 0 atom stereocenters. The Morgan fingerprint density at radius 1 is 1.40 bits per heavy atom. The molecule has 1 saturated heterocycles. The van der Waals surface area contributed by atoms with Crippen LogP contribution in [0.15, 0.2) is 24.3 Å². The number of benzene rings is 1. The Bertz CT molecular complexity index is 348. The molecule has 0 aliphatic carbocycles. The zero-order valence-corrected chi connectivity index (χ0v) is 8.69. The van der Waals surface area contributed by atoms with Crippen molar-refractivity contribution in [3.05, 3.63) is 24.3 Å². The number of hydrogen-bond acceptors (Lipinski definition) is 2. The molecule has 0 saturated carbocycles. The molecule has 1 aromatic rings. The van der Waals surface area contributed by atoms with Gasteiger partial charge in [-0.05, 0) is 31.2 Å². The number of hydrogen-bond donors (Lipinski definition) is 1. The van der Waals surface area contributed by atoms with E-state index in [-0.39, 0.29) is 6.03 Å². The van der Waals surface area contributed by atoms with E-state index in [4.69, 9.17) is 4.74 Å². The van der Waals surface area contributed by atoms with Crippen LogP contribution in [0.1, 0.15) is 6.92 Å². The molecule has 1 heterocycles. The largest absolute Gasteiger partial charge is 0.494 e. The molecule has 0 spiro atoms. The molecule has 15 heavy (non-hydrogen) atoms. The van der Waals surface area contributed by atoms with Gasteiger partial charge in [-0.2, -0.15) is 0 Å². The number of amides is 2. The minimum atomic E-state index is -0.0286. The summed E-state index contributed by atoms with van der Waals surface area (Å²) in [6.07, 6.45) is 0. The summed E-state index contributed by atoms with van der Waals surface area (Å²) >= 11 is 0. The predicted molar refractivity (Wildman–Crippen MR) is 58.4 cm³/mol. The highest BCUT2D eigenvalue weighted by atomic mass is 16.5. The molecule has 1 fully saturated rings. The van der Waals surface area contributed by atoms with Crippen LogP contribution >= 0.6 is 0 Å². The fraction of sp³-hybridized carbons (Fsp3) is 0.364. The monoisotopic (exact) mass is 206 g/mol. The van der Waals surface area contributed by atoms with Crippen LogP contribution in [0.5, 0.6) is 5.75 Å². The highest BCUT2D eigenvalue weighted by molar-refractivity contribution is 5.94. The fourth-order valence-corrected chi connectivity index (χ4v) is 1.61. The standard InChI is InChI=1S/C11H14N2O2/c1-2-15-10-5-3-9(4-6-10)13-8-7-12-11(13)14/h3-6H,2,7-8H2,1H3,(H,12,14). The van der Waals surface area contributed by atoms with Gasteiger partial charge in [-0.15, -0.1) is 0 Å². The first kappa shape index (κ1) is 9.83. The van der Waals surface area contributed by atoms with Gasteiger partial charge in [0.05, 0.1) is 6.61 Å². The minimum Gasteiger partial charge on any atom is -0.494 e. The van der Waals surface area contributed by atoms with Crippen LogP contribution in [0.2, 0.25) is 0 Å². The van der Waals surface area contributed by atoms with Gasteiger partial charge < -0.3 is 10.1 Å². The van der Waals surface area contributed by atoms with E-state index in [1.165, 1.54) is 0 Å². The summed E-state index contributed by atoms with van der Waals surface area (Å²) in [4.78, 5) is 13.1. The number of carbonyl (C=O) groups excluding carboxylic acids is 1. The minimum absolute atomic E-state index is 0.0286. The number of carbonyl (C=O) groups is 1. The third-order valence-corrected chi connectivity index (χ3v) is 2.32. The molecule has 1 aliphatic heterocycles. The van der Waals surface area contributed by atoms with Gasteiger partial charge >= 0.3 is 6.03 Å². The van der Waals surface area contributed by atoms with Crippen molar-refractivity contribution in [2.45, 2.75) is 6.92 Å². The van der Waals surface area contributed by atoms with Gasteiger partial charge in [0, 0.05) is 18.8 Å². The predicted octanol–water partition coefficient (Wildman–Crippen LogP) is 1.61. The normalized spacial score (nSPS) is 15.3. The first-order valence-electron chi connectivity index (χ1n) is 5.09. The molecule has 0 aromatic heterocycles. The average molecular weight is 206 g/mol. The Labute approximate surface area is 88.8 Å². The SMILES string of the molecule is CCOc1ccc(N2CCNC2=O)cc1. The molecular weight excluding hydrogens is 192 g/mol. The lowest BCUT2D eigenvalue weighted by atomic mass is 10.3. The quantitative estimate of drug-likeness (QED) is 0.816. The van der Waals surface area contributed by atoms with Crippen LogP contribution in [-0.2, 0) is 0 Å². The Hall–Kier alpha value is -1.71. The second-order valence-corrected chi connectivity index (χ2v) is 3.31. The smallest absolute Gasteiger partial charge is 0.321 e. The van der Waals surface area contributed by atoms with E-state index < -0.39 is 0 Å². The van der Waals surface area contributed by atoms with Crippen LogP contribution in [-0.4, -0.2) is 25.7 Å². The lowest BCUT2D eigenvalue weighted by Crippen LogP contribution is -2.27. The van der Waals surface area contributed by atoms with E-state index >= 15 is 0 Å². The van der Waals surface area contributed by atoms with E-state index in [0.717, 1.165) is 18.0 Å². The first-order chi connectivity index (χ1) is 7.31. The third-order valence-electron chi connectivity index (χ3n) is 2.32. The molecule has 0 bridgehead atoms. The molecule has 0 radical (unpaired) electrons. The number of nitrogens with one attached hydrogen (secondary N) is 1. The Balaban J connectivity index is 2.12. The maximum atomic E-state index is 11.4. The van der Waals surface area contributed by atoms with E-state index in [1.807, 2.05) is 31.2 Å². The molecule has 4 heteroatoms. The van der Waals surface area contributed by atoms with Crippen LogP contribution in [0.25, 0.3) is 0 Å². The van der Waals surface area contributed by atoms with E-state index in [0.29, 0.717) is 13.2 Å². The summed E-state index contributed by atoms with van der Waals surface area (Å²) in [5.74, 6) is 0.834. The van der Waals surface area contributed by atoms with Crippen molar-refractivity contribution in [3.63, 3.8) is 0 Å². The number of nitrogens with zero attached hydrogens (tertiary/aromatic N) is 1. The molecular formula is C11H14N2O2. The van der Waals surface area contributed by atoms with Gasteiger partial charge in [0.15, 0.2) is 0 Å². The molecule has 2 rings (SSSR count). The Morgan fingerprint density at radius 3 is 2.67 bits per heavy atom. The maximum absolute atomic E-state index is 11.4. The highest BCUT2D eigenvalue weighted by Crippen LogP contribution is 2.20. The molecule has 1 aromatic carbocycles. The number of rotatable bonds is 3. The van der Waals surface area contributed by atoms with Crippen LogP contribution in [0.3, 0.4) is 0 Å². The number of urea groups is 1. The second kappa shape index (κ2) is 4.21. The van der Waals surface area contributed by atoms with Crippen molar-refractivity contribution >= 4 is 11.7 Å². The fourth-order valence-electron chi connectivity index (χ4n) is 1.61. The summed E-state index contributed by atoms with van der Waals surface area (Å²) in [7, 11) is 0. The highest BCUT2D eigenvalue weighted by Gasteiger charge is 2.20. The lowest BCUT2D eigenvalue weighted by molar-refractivity contribution is 0.252. The van der Waals surface area contributed by atoms with Crippen molar-refractivity contribution in [1.82, 2.24) is 5.32 Å². The van der Waals surface area contributed by atoms with Crippen molar-refractivity contribution in [1.29, 1.82) is 0 Å². The van der Waals surface area contributed by atoms with Crippen LogP contribution in [0, 0.1) is 0 Å². The van der Waals surface area contributed by atoms with E-state index in [1.54, 1.807) is 4.90 Å². The zero-order chi connectivity index (χ0) is 10.7. The van der Waals surface area contributed by atoms with Gasteiger partial charge in [-0.3, -0.25) is 4.90 Å². The lowest BCUT2D eigenvalue weighted by Gasteiger charge is -2.14. The summed E-state index contributed by atoms with van der Waals surface area (Å²) in [6.45, 7) is 4.05. The van der Waals surface area contributed by atoms with E-state index in [2.05, 4.69) is 5.32 Å². The van der Waals surface area contributed by atoms with Crippen LogP contribution in [0.4, 0.5) is 10.5 Å². The summed E-state index contributed by atoms with van der Waals surface area (Å²) in [5, 5.41) is 2.76. The molecule has 80 valence electrons. The molecule has 0 unspecified atom stereocenters. The van der Waals surface area contributed by atoms with Crippen LogP contribution < -0.4 is 15.0 Å². The van der Waals surface area contributed by atoms with E-state index in [9.17, 15) is 4.79 Å². The number of anilines is 1. The first-order valence-corrected chi connectivity index (χ1v) is 5.09. The van der Waals surface area contributed by atoms with Crippen molar-refractivity contribution in [3.8, 4) is 5.75 Å². The Morgan fingerprint density at radius 2 is 2.13 bits per heavy atom.